The van der Waals surface area contributed by atoms with Gasteiger partial charge >= 0.3 is 6.18 Å². The molecule has 0 bridgehead atoms. The number of ether oxygens (including phenoxy) is 1. The molecule has 27 heavy (non-hydrogen) atoms. The topological polar surface area (TPSA) is 31.2 Å². The van der Waals surface area contributed by atoms with Crippen LogP contribution in [0.3, 0.4) is 0 Å². The average molecular weight is 394 g/mol. The van der Waals surface area contributed by atoms with E-state index in [1.165, 1.54) is 30.5 Å². The lowest BCUT2D eigenvalue weighted by Gasteiger charge is -2.17. The monoisotopic (exact) mass is 393 g/mol. The van der Waals surface area contributed by atoms with Gasteiger partial charge < -0.3 is 9.30 Å². The molecule has 3 nitrogen and oxygen atoms in total. The Bertz CT molecular complexity index is 1030. The van der Waals surface area contributed by atoms with Gasteiger partial charge in [-0.25, -0.2) is 0 Å². The van der Waals surface area contributed by atoms with E-state index in [0.29, 0.717) is 6.54 Å². The molecule has 0 aliphatic heterocycles. The smallest absolute Gasteiger partial charge is 0.417 e. The Balaban J connectivity index is 2.00. The van der Waals surface area contributed by atoms with Crippen LogP contribution in [0, 0.1) is 6.92 Å². The number of hydrogen-bond acceptors (Lipinski definition) is 2. The van der Waals surface area contributed by atoms with E-state index in [2.05, 4.69) is 0 Å². The first-order chi connectivity index (χ1) is 12.8. The van der Waals surface area contributed by atoms with Crippen LogP contribution in [0.4, 0.5) is 13.2 Å². The van der Waals surface area contributed by atoms with Gasteiger partial charge in [-0.2, -0.15) is 13.2 Å². The highest BCUT2D eigenvalue weighted by molar-refractivity contribution is 6.32. The zero-order valence-electron chi connectivity index (χ0n) is 14.3. The van der Waals surface area contributed by atoms with Gasteiger partial charge in [0.15, 0.2) is 5.43 Å². The molecular weight excluding hydrogens is 379 g/mol. The number of alkyl halides is 3. The molecule has 0 aliphatic carbocycles. The third-order valence-electron chi connectivity index (χ3n) is 4.05. The average Bonchev–Trinajstić information content (AvgIpc) is 2.60. The van der Waals surface area contributed by atoms with Crippen molar-refractivity contribution >= 4 is 11.6 Å². The highest BCUT2D eigenvalue weighted by Gasteiger charge is 2.34. The summed E-state index contributed by atoms with van der Waals surface area (Å²) in [6.45, 7) is 2.33. The predicted molar refractivity (Wildman–Crippen MR) is 97.5 cm³/mol. The third kappa shape index (κ3) is 4.34. The Morgan fingerprint density at radius 1 is 1.07 bits per heavy atom. The zero-order chi connectivity index (χ0) is 19.6. The normalized spacial score (nSPS) is 11.4. The minimum Gasteiger partial charge on any atom is -0.439 e. The van der Waals surface area contributed by atoms with E-state index >= 15 is 0 Å². The molecule has 3 aromatic rings. The molecule has 7 heteroatoms. The van der Waals surface area contributed by atoms with Crippen LogP contribution in [0.25, 0.3) is 0 Å². The van der Waals surface area contributed by atoms with E-state index < -0.39 is 16.8 Å². The van der Waals surface area contributed by atoms with Crippen LogP contribution in [0.2, 0.25) is 5.02 Å². The summed E-state index contributed by atoms with van der Waals surface area (Å²) in [5, 5.41) is -0.552. The van der Waals surface area contributed by atoms with Crippen LogP contribution in [0.15, 0.2) is 65.6 Å². The van der Waals surface area contributed by atoms with Crippen LogP contribution < -0.4 is 10.2 Å². The number of benzene rings is 2. The van der Waals surface area contributed by atoms with Crippen molar-refractivity contribution in [1.82, 2.24) is 4.57 Å². The SMILES string of the molecule is Cc1ccccc1Cn1ccc(=O)cc1Oc1cccc(C(F)(F)F)c1Cl. The molecule has 0 amide bonds. The van der Waals surface area contributed by atoms with Gasteiger partial charge in [-0.1, -0.05) is 41.9 Å². The molecule has 2 aromatic carbocycles. The number of halogens is 4. The minimum atomic E-state index is -4.60. The number of aryl methyl sites for hydroxylation is 1. The molecule has 3 rings (SSSR count). The maximum atomic E-state index is 13.0. The van der Waals surface area contributed by atoms with Crippen molar-refractivity contribution in [2.24, 2.45) is 0 Å². The molecule has 0 fully saturated rings. The summed E-state index contributed by atoms with van der Waals surface area (Å²) < 4.78 is 46.4. The Hall–Kier alpha value is -2.73. The number of hydrogen-bond donors (Lipinski definition) is 0. The molecule has 0 radical (unpaired) electrons. The summed E-state index contributed by atoms with van der Waals surface area (Å²) in [5.74, 6) is -0.0670. The molecule has 1 heterocycles. The van der Waals surface area contributed by atoms with Crippen LogP contribution >= 0.6 is 11.6 Å². The first-order valence-electron chi connectivity index (χ1n) is 8.04. The van der Waals surface area contributed by atoms with Crippen molar-refractivity contribution in [3.63, 3.8) is 0 Å². The zero-order valence-corrected chi connectivity index (χ0v) is 15.0. The van der Waals surface area contributed by atoms with Crippen LogP contribution in [0.5, 0.6) is 11.6 Å². The van der Waals surface area contributed by atoms with Crippen molar-refractivity contribution in [2.75, 3.05) is 0 Å². The van der Waals surface area contributed by atoms with E-state index in [9.17, 15) is 18.0 Å². The lowest BCUT2D eigenvalue weighted by Crippen LogP contribution is -2.11. The summed E-state index contributed by atoms with van der Waals surface area (Å²) in [5.41, 5.74) is 0.708. The van der Waals surface area contributed by atoms with Crippen LogP contribution in [0.1, 0.15) is 16.7 Å². The molecule has 0 N–H and O–H groups in total. The van der Waals surface area contributed by atoms with Crippen molar-refractivity contribution in [1.29, 1.82) is 0 Å². The summed E-state index contributed by atoms with van der Waals surface area (Å²) in [6.07, 6.45) is -3.07. The standard InChI is InChI=1S/C20H15ClF3NO2/c1-13-5-2-3-6-14(13)12-25-10-9-15(26)11-18(25)27-17-8-4-7-16(19(17)21)20(22,23)24/h2-11H,12H2,1H3. The highest BCUT2D eigenvalue weighted by Crippen LogP contribution is 2.40. The third-order valence-corrected chi connectivity index (χ3v) is 4.44. The van der Waals surface area contributed by atoms with Gasteiger partial charge in [0, 0.05) is 18.3 Å². The molecule has 0 unspecified atom stereocenters. The minimum absolute atomic E-state index is 0.104. The maximum Gasteiger partial charge on any atom is 0.417 e. The summed E-state index contributed by atoms with van der Waals surface area (Å²) in [6, 6.07) is 13.6. The van der Waals surface area contributed by atoms with Gasteiger partial charge in [0.25, 0.3) is 0 Å². The Kier molecular flexibility index (Phi) is 5.28. The van der Waals surface area contributed by atoms with Crippen LogP contribution in [-0.4, -0.2) is 4.57 Å². The number of pyridine rings is 1. The summed E-state index contributed by atoms with van der Waals surface area (Å²) in [7, 11) is 0. The second-order valence-electron chi connectivity index (χ2n) is 5.97. The van der Waals surface area contributed by atoms with E-state index in [1.54, 1.807) is 4.57 Å². The van der Waals surface area contributed by atoms with Gasteiger partial charge in [0.05, 0.1) is 17.1 Å². The van der Waals surface area contributed by atoms with Crippen molar-refractivity contribution in [3.05, 3.63) is 92.7 Å². The van der Waals surface area contributed by atoms with E-state index in [1.807, 2.05) is 31.2 Å². The molecule has 1 aromatic heterocycles. The van der Waals surface area contributed by atoms with Crippen LogP contribution in [-0.2, 0) is 12.7 Å². The van der Waals surface area contributed by atoms with Gasteiger partial charge in [-0.05, 0) is 30.2 Å². The Morgan fingerprint density at radius 3 is 2.52 bits per heavy atom. The van der Waals surface area contributed by atoms with Crippen molar-refractivity contribution in [2.45, 2.75) is 19.6 Å². The number of aromatic nitrogens is 1. The van der Waals surface area contributed by atoms with Gasteiger partial charge in [0.1, 0.15) is 5.75 Å². The second-order valence-corrected chi connectivity index (χ2v) is 6.35. The first kappa shape index (κ1) is 19.0. The molecule has 0 saturated carbocycles. The van der Waals surface area contributed by atoms with Crippen molar-refractivity contribution < 1.29 is 17.9 Å². The van der Waals surface area contributed by atoms with Crippen molar-refractivity contribution in [3.8, 4) is 11.6 Å². The van der Waals surface area contributed by atoms with E-state index in [0.717, 1.165) is 17.2 Å². The van der Waals surface area contributed by atoms with E-state index in [4.69, 9.17) is 16.3 Å². The fourth-order valence-electron chi connectivity index (χ4n) is 2.60. The molecule has 140 valence electrons. The Morgan fingerprint density at radius 2 is 1.81 bits per heavy atom. The summed E-state index contributed by atoms with van der Waals surface area (Å²) >= 11 is 5.89. The largest absolute Gasteiger partial charge is 0.439 e. The second kappa shape index (κ2) is 7.48. The highest BCUT2D eigenvalue weighted by atomic mass is 35.5. The quantitative estimate of drug-likeness (QED) is 0.572. The fraction of sp³-hybridized carbons (Fsp3) is 0.150. The molecule has 0 aliphatic rings. The van der Waals surface area contributed by atoms with Gasteiger partial charge in [-0.3, -0.25) is 4.79 Å². The lowest BCUT2D eigenvalue weighted by molar-refractivity contribution is -0.137. The van der Waals surface area contributed by atoms with Gasteiger partial charge in [-0.15, -0.1) is 0 Å². The fourth-order valence-corrected chi connectivity index (χ4v) is 2.87. The lowest BCUT2D eigenvalue weighted by atomic mass is 10.1. The molecular formula is C20H15ClF3NO2. The molecule has 0 saturated heterocycles. The Labute approximate surface area is 158 Å². The van der Waals surface area contributed by atoms with Gasteiger partial charge in [0.2, 0.25) is 5.88 Å². The number of nitrogens with zero attached hydrogens (tertiary/aromatic N) is 1. The number of rotatable bonds is 4. The summed E-state index contributed by atoms with van der Waals surface area (Å²) in [4.78, 5) is 11.8. The van der Waals surface area contributed by atoms with E-state index in [-0.39, 0.29) is 17.1 Å². The first-order valence-corrected chi connectivity index (χ1v) is 8.42. The predicted octanol–water partition coefficient (Wildman–Crippen LogP) is 5.67. The maximum absolute atomic E-state index is 13.0. The molecule has 0 spiro atoms. The molecule has 0 atom stereocenters.